The molecule has 232 valence electrons. The van der Waals surface area contributed by atoms with Crippen molar-refractivity contribution in [3.05, 3.63) is 70.3 Å². The minimum atomic E-state index is -4.59. The largest absolute Gasteiger partial charge is 0.493 e. The number of aliphatic hydroxyl groups is 2. The monoisotopic (exact) mass is 606 g/mol. The molecule has 2 aliphatic rings. The molecule has 1 heterocycles. The van der Waals surface area contributed by atoms with Crippen molar-refractivity contribution in [2.45, 2.75) is 43.7 Å². The fraction of sp³-hybridized carbons (Fsp3) is 0.433. The van der Waals surface area contributed by atoms with Gasteiger partial charge in [0.15, 0.2) is 11.5 Å². The molecule has 1 aliphatic carbocycles. The van der Waals surface area contributed by atoms with Gasteiger partial charge in [-0.3, -0.25) is 14.4 Å². The molecular weight excluding hydrogens is 573 g/mol. The summed E-state index contributed by atoms with van der Waals surface area (Å²) in [5.41, 5.74) is -0.178. The van der Waals surface area contributed by atoms with E-state index in [0.717, 1.165) is 24.3 Å². The van der Waals surface area contributed by atoms with Crippen LogP contribution in [0.5, 0.6) is 11.5 Å². The highest BCUT2D eigenvalue weighted by Crippen LogP contribution is 2.51. The average molecular weight is 607 g/mol. The fourth-order valence-electron chi connectivity index (χ4n) is 5.39. The van der Waals surface area contributed by atoms with Crippen LogP contribution in [0.15, 0.2) is 48.0 Å². The van der Waals surface area contributed by atoms with Gasteiger partial charge >= 0.3 is 6.18 Å². The second-order valence-electron chi connectivity index (χ2n) is 10.0. The maximum atomic E-state index is 13.8. The molecule has 0 spiro atoms. The number of methoxy groups -OCH3 is 1. The summed E-state index contributed by atoms with van der Waals surface area (Å²) in [5, 5.41) is 23.6. The van der Waals surface area contributed by atoms with Gasteiger partial charge in [0.25, 0.3) is 5.91 Å². The molecule has 43 heavy (non-hydrogen) atoms. The number of benzene rings is 2. The summed E-state index contributed by atoms with van der Waals surface area (Å²) in [7, 11) is 1.38. The standard InChI is InChI=1S/C30H33F3N2O8/c1-3-42-12-4-10-35(29(40)18-5-7-19(8-6-18)30(31,32)33)22-15-21(28(39)34-9-11-36)24-20-13-17(16-37)14-23(41-2)26(20)43-27(24)25(22)38/h5-8,13-16,22,24-25,27,36,38H,3-4,9-12H2,1-2H3,(H,34,39). The number of aldehydes is 1. The van der Waals surface area contributed by atoms with Crippen molar-refractivity contribution in [2.75, 3.05) is 40.0 Å². The average Bonchev–Trinajstić information content (AvgIpc) is 3.39. The molecule has 10 nitrogen and oxygen atoms in total. The van der Waals surface area contributed by atoms with Crippen molar-refractivity contribution >= 4 is 18.1 Å². The molecule has 3 N–H and O–H groups in total. The first kappa shape index (κ1) is 32.0. The van der Waals surface area contributed by atoms with E-state index in [4.69, 9.17) is 14.2 Å². The van der Waals surface area contributed by atoms with Crippen LogP contribution in [0.1, 0.15) is 51.1 Å². The van der Waals surface area contributed by atoms with Gasteiger partial charge in [-0.1, -0.05) is 0 Å². The van der Waals surface area contributed by atoms with Gasteiger partial charge in [0, 0.05) is 48.6 Å². The fourth-order valence-corrected chi connectivity index (χ4v) is 5.39. The van der Waals surface area contributed by atoms with Crippen LogP contribution in [-0.4, -0.2) is 91.5 Å². The summed E-state index contributed by atoms with van der Waals surface area (Å²) >= 11 is 0. The summed E-state index contributed by atoms with van der Waals surface area (Å²) in [6.07, 6.45) is -4.72. The molecule has 2 aromatic rings. The Morgan fingerprint density at radius 3 is 2.51 bits per heavy atom. The predicted molar refractivity (Wildman–Crippen MR) is 147 cm³/mol. The second kappa shape index (κ2) is 13.6. The van der Waals surface area contributed by atoms with Crippen molar-refractivity contribution in [1.29, 1.82) is 0 Å². The highest BCUT2D eigenvalue weighted by atomic mass is 19.4. The summed E-state index contributed by atoms with van der Waals surface area (Å²) < 4.78 is 56.4. The van der Waals surface area contributed by atoms with E-state index in [-0.39, 0.29) is 54.5 Å². The van der Waals surface area contributed by atoms with Gasteiger partial charge in [0.2, 0.25) is 5.91 Å². The van der Waals surface area contributed by atoms with E-state index in [0.29, 0.717) is 24.9 Å². The third-order valence-corrected chi connectivity index (χ3v) is 7.38. The van der Waals surface area contributed by atoms with Crippen LogP contribution in [0.2, 0.25) is 0 Å². The van der Waals surface area contributed by atoms with E-state index < -0.39 is 47.7 Å². The van der Waals surface area contributed by atoms with Crippen LogP contribution < -0.4 is 14.8 Å². The molecule has 2 amide bonds. The summed E-state index contributed by atoms with van der Waals surface area (Å²) in [6, 6.07) is 5.57. The van der Waals surface area contributed by atoms with Crippen LogP contribution >= 0.6 is 0 Å². The number of halogens is 3. The molecule has 0 aromatic heterocycles. The molecule has 0 radical (unpaired) electrons. The van der Waals surface area contributed by atoms with E-state index in [1.54, 1.807) is 6.92 Å². The van der Waals surface area contributed by atoms with E-state index >= 15 is 0 Å². The summed E-state index contributed by atoms with van der Waals surface area (Å²) in [5.74, 6) is -1.69. The molecule has 0 saturated carbocycles. The highest BCUT2D eigenvalue weighted by molar-refractivity contribution is 5.98. The lowest BCUT2D eigenvalue weighted by Gasteiger charge is -2.40. The van der Waals surface area contributed by atoms with Crippen molar-refractivity contribution in [3.8, 4) is 11.5 Å². The number of carbonyl (C=O) groups excluding carboxylic acids is 3. The van der Waals surface area contributed by atoms with Crippen molar-refractivity contribution in [3.63, 3.8) is 0 Å². The number of fused-ring (bicyclic) bond motifs is 3. The number of hydrogen-bond donors (Lipinski definition) is 3. The lowest BCUT2D eigenvalue weighted by Crippen LogP contribution is -2.56. The summed E-state index contributed by atoms with van der Waals surface area (Å²) in [4.78, 5) is 40.1. The molecule has 1 aliphatic heterocycles. The lowest BCUT2D eigenvalue weighted by molar-refractivity contribution is -0.137. The number of carbonyl (C=O) groups is 3. The minimum absolute atomic E-state index is 0.0343. The zero-order chi connectivity index (χ0) is 31.3. The van der Waals surface area contributed by atoms with Gasteiger partial charge in [-0.15, -0.1) is 0 Å². The molecule has 0 saturated heterocycles. The molecular formula is C30H33F3N2O8. The predicted octanol–water partition coefficient (Wildman–Crippen LogP) is 2.72. The number of nitrogens with zero attached hydrogens (tertiary/aromatic N) is 1. The zero-order valence-corrected chi connectivity index (χ0v) is 23.6. The zero-order valence-electron chi connectivity index (χ0n) is 23.6. The van der Waals surface area contributed by atoms with E-state index in [2.05, 4.69) is 5.32 Å². The Bertz CT molecular complexity index is 1360. The maximum absolute atomic E-state index is 13.8. The van der Waals surface area contributed by atoms with Gasteiger partial charge in [0.05, 0.1) is 31.2 Å². The number of rotatable bonds is 12. The van der Waals surface area contributed by atoms with Gasteiger partial charge < -0.3 is 34.6 Å². The van der Waals surface area contributed by atoms with Crippen LogP contribution in [0.25, 0.3) is 0 Å². The normalized spacial score (nSPS) is 20.8. The van der Waals surface area contributed by atoms with Gasteiger partial charge in [-0.2, -0.15) is 13.2 Å². The topological polar surface area (TPSA) is 135 Å². The summed E-state index contributed by atoms with van der Waals surface area (Å²) in [6.45, 7) is 2.11. The van der Waals surface area contributed by atoms with Crippen LogP contribution in [0, 0.1) is 0 Å². The van der Waals surface area contributed by atoms with E-state index in [9.17, 15) is 37.8 Å². The molecule has 2 aromatic carbocycles. The van der Waals surface area contributed by atoms with Crippen molar-refractivity contribution in [2.24, 2.45) is 0 Å². The third-order valence-electron chi connectivity index (χ3n) is 7.38. The minimum Gasteiger partial charge on any atom is -0.493 e. The smallest absolute Gasteiger partial charge is 0.416 e. The van der Waals surface area contributed by atoms with Gasteiger partial charge in [0.1, 0.15) is 18.5 Å². The van der Waals surface area contributed by atoms with Gasteiger partial charge in [-0.25, -0.2) is 0 Å². The first-order chi connectivity index (χ1) is 20.5. The van der Waals surface area contributed by atoms with Crippen LogP contribution in [-0.2, 0) is 15.7 Å². The lowest BCUT2D eigenvalue weighted by atomic mass is 9.77. The van der Waals surface area contributed by atoms with Crippen molar-refractivity contribution < 1.29 is 52.0 Å². The maximum Gasteiger partial charge on any atom is 0.416 e. The molecule has 13 heteroatoms. The Hall–Kier alpha value is -3.94. The Morgan fingerprint density at radius 2 is 1.91 bits per heavy atom. The number of alkyl halides is 3. The molecule has 0 fully saturated rings. The quantitative estimate of drug-likeness (QED) is 0.248. The highest BCUT2D eigenvalue weighted by Gasteiger charge is 2.51. The third kappa shape index (κ3) is 6.68. The second-order valence-corrected chi connectivity index (χ2v) is 10.0. The van der Waals surface area contributed by atoms with E-state index in [1.165, 1.54) is 30.2 Å². The Labute approximate surface area is 246 Å². The van der Waals surface area contributed by atoms with Crippen molar-refractivity contribution in [1.82, 2.24) is 10.2 Å². The Kier molecular flexibility index (Phi) is 10.1. The Morgan fingerprint density at radius 1 is 1.19 bits per heavy atom. The molecule has 0 bridgehead atoms. The molecule has 4 atom stereocenters. The van der Waals surface area contributed by atoms with Gasteiger partial charge in [-0.05, 0) is 55.8 Å². The molecule has 4 rings (SSSR count). The number of amides is 2. The van der Waals surface area contributed by atoms with Crippen LogP contribution in [0.3, 0.4) is 0 Å². The SMILES string of the molecule is CCOCCCN(C(=O)c1ccc(C(F)(F)F)cc1)C1C=C(C(=O)NCCO)C2c3cc(C=O)cc(OC)c3OC2C1O. The first-order valence-electron chi connectivity index (χ1n) is 13.7. The number of aliphatic hydroxyl groups excluding tert-OH is 2. The molecule has 4 unspecified atom stereocenters. The number of nitrogens with one attached hydrogen (secondary N) is 1. The Balaban J connectivity index is 1.79. The number of ether oxygens (including phenoxy) is 3. The van der Waals surface area contributed by atoms with E-state index in [1.807, 2.05) is 0 Å². The first-order valence-corrected chi connectivity index (χ1v) is 13.7. The number of hydrogen-bond acceptors (Lipinski definition) is 8. The van der Waals surface area contributed by atoms with Crippen LogP contribution in [0.4, 0.5) is 13.2 Å².